The van der Waals surface area contributed by atoms with Crippen LogP contribution in [0.4, 0.5) is 8.78 Å². The molecule has 0 heterocycles. The number of hydrogen-bond donors (Lipinski definition) is 2. The predicted octanol–water partition coefficient (Wildman–Crippen LogP) is 1.92. The van der Waals surface area contributed by atoms with Crippen molar-refractivity contribution in [1.82, 2.24) is 5.32 Å². The zero-order chi connectivity index (χ0) is 10.8. The van der Waals surface area contributed by atoms with Gasteiger partial charge < -0.3 is 10.4 Å². The van der Waals surface area contributed by atoms with Crippen LogP contribution in [0.25, 0.3) is 0 Å². The van der Waals surface area contributed by atoms with Gasteiger partial charge in [-0.2, -0.15) is 0 Å². The molecular formula is C11H19F2NO. The monoisotopic (exact) mass is 219 g/mol. The molecule has 0 bridgehead atoms. The Morgan fingerprint density at radius 2 is 1.60 bits per heavy atom. The molecule has 0 spiro atoms. The van der Waals surface area contributed by atoms with Gasteiger partial charge in [0.2, 0.25) is 6.43 Å². The van der Waals surface area contributed by atoms with Gasteiger partial charge >= 0.3 is 0 Å². The van der Waals surface area contributed by atoms with E-state index in [0.717, 1.165) is 25.7 Å². The lowest BCUT2D eigenvalue weighted by molar-refractivity contribution is 0.0355. The van der Waals surface area contributed by atoms with E-state index < -0.39 is 6.43 Å². The van der Waals surface area contributed by atoms with Crippen molar-refractivity contribution in [1.29, 1.82) is 0 Å². The summed E-state index contributed by atoms with van der Waals surface area (Å²) < 4.78 is 24.8. The van der Waals surface area contributed by atoms with Gasteiger partial charge in [0.25, 0.3) is 0 Å². The SMILES string of the molecule is OC1CC(NC2CCC(C(F)F)CC2)C1. The van der Waals surface area contributed by atoms with Crippen LogP contribution in [0, 0.1) is 5.92 Å². The van der Waals surface area contributed by atoms with Crippen molar-refractivity contribution in [3.05, 3.63) is 0 Å². The third kappa shape index (κ3) is 2.88. The number of alkyl halides is 2. The van der Waals surface area contributed by atoms with Crippen LogP contribution in [0.3, 0.4) is 0 Å². The quantitative estimate of drug-likeness (QED) is 0.760. The van der Waals surface area contributed by atoms with Gasteiger partial charge in [-0.1, -0.05) is 0 Å². The standard InChI is InChI=1S/C11H19F2NO/c12-11(13)7-1-3-8(4-2-7)14-9-5-10(15)6-9/h7-11,14-15H,1-6H2. The Morgan fingerprint density at radius 1 is 1.00 bits per heavy atom. The van der Waals surface area contributed by atoms with Crippen LogP contribution in [-0.4, -0.2) is 29.7 Å². The maximum atomic E-state index is 12.4. The number of hydrogen-bond acceptors (Lipinski definition) is 2. The van der Waals surface area contributed by atoms with Crippen LogP contribution >= 0.6 is 0 Å². The molecule has 0 aromatic rings. The largest absolute Gasteiger partial charge is 0.393 e. The molecule has 2 aliphatic carbocycles. The smallest absolute Gasteiger partial charge is 0.241 e. The van der Waals surface area contributed by atoms with E-state index in [1.807, 2.05) is 0 Å². The molecule has 0 atom stereocenters. The van der Waals surface area contributed by atoms with E-state index in [-0.39, 0.29) is 12.0 Å². The molecule has 0 aliphatic heterocycles. The first-order valence-electron chi connectivity index (χ1n) is 5.87. The molecule has 15 heavy (non-hydrogen) atoms. The molecule has 0 aromatic carbocycles. The molecule has 0 amide bonds. The highest BCUT2D eigenvalue weighted by Gasteiger charge is 2.32. The molecule has 88 valence electrons. The molecule has 2 N–H and O–H groups in total. The minimum absolute atomic E-state index is 0.139. The molecule has 2 fully saturated rings. The minimum Gasteiger partial charge on any atom is -0.393 e. The van der Waals surface area contributed by atoms with E-state index in [2.05, 4.69) is 5.32 Å². The van der Waals surface area contributed by atoms with E-state index in [0.29, 0.717) is 24.9 Å². The molecule has 2 rings (SSSR count). The topological polar surface area (TPSA) is 32.3 Å². The number of aliphatic hydroxyl groups excluding tert-OH is 1. The second kappa shape index (κ2) is 4.74. The van der Waals surface area contributed by atoms with Crippen LogP contribution in [0.2, 0.25) is 0 Å². The molecule has 2 saturated carbocycles. The van der Waals surface area contributed by atoms with Crippen molar-refractivity contribution in [2.24, 2.45) is 5.92 Å². The maximum absolute atomic E-state index is 12.4. The lowest BCUT2D eigenvalue weighted by Crippen LogP contribution is -2.49. The Morgan fingerprint density at radius 3 is 2.07 bits per heavy atom. The lowest BCUT2D eigenvalue weighted by Gasteiger charge is -2.38. The molecule has 2 aliphatic rings. The average molecular weight is 219 g/mol. The summed E-state index contributed by atoms with van der Waals surface area (Å²) in [7, 11) is 0. The van der Waals surface area contributed by atoms with Crippen LogP contribution in [0.5, 0.6) is 0 Å². The molecule has 4 heteroatoms. The highest BCUT2D eigenvalue weighted by Crippen LogP contribution is 2.30. The highest BCUT2D eigenvalue weighted by molar-refractivity contribution is 4.89. The van der Waals surface area contributed by atoms with Crippen LogP contribution in [-0.2, 0) is 0 Å². The third-order valence-electron chi connectivity index (χ3n) is 3.71. The second-order valence-corrected chi connectivity index (χ2v) is 4.93. The molecule has 0 radical (unpaired) electrons. The summed E-state index contributed by atoms with van der Waals surface area (Å²) in [6.07, 6.45) is 2.39. The molecular weight excluding hydrogens is 200 g/mol. The van der Waals surface area contributed by atoms with Crippen molar-refractivity contribution in [3.63, 3.8) is 0 Å². The van der Waals surface area contributed by atoms with Crippen molar-refractivity contribution < 1.29 is 13.9 Å². The van der Waals surface area contributed by atoms with Gasteiger partial charge in [0.15, 0.2) is 0 Å². The number of halogens is 2. The normalized spacial score (nSPS) is 41.6. The molecule has 0 saturated heterocycles. The first-order chi connectivity index (χ1) is 7.15. The first-order valence-corrected chi connectivity index (χ1v) is 5.87. The fourth-order valence-electron chi connectivity index (χ4n) is 2.60. The highest BCUT2D eigenvalue weighted by atomic mass is 19.3. The van der Waals surface area contributed by atoms with E-state index >= 15 is 0 Å². The minimum atomic E-state index is -2.14. The Kier molecular flexibility index (Phi) is 3.57. The van der Waals surface area contributed by atoms with E-state index in [9.17, 15) is 8.78 Å². The first kappa shape index (κ1) is 11.3. The fourth-order valence-corrected chi connectivity index (χ4v) is 2.60. The average Bonchev–Trinajstić information content (AvgIpc) is 2.16. The van der Waals surface area contributed by atoms with Gasteiger partial charge in [-0.25, -0.2) is 8.78 Å². The number of rotatable bonds is 3. The van der Waals surface area contributed by atoms with Crippen molar-refractivity contribution in [2.45, 2.75) is 63.1 Å². The zero-order valence-electron chi connectivity index (χ0n) is 8.83. The van der Waals surface area contributed by atoms with E-state index in [4.69, 9.17) is 5.11 Å². The molecule has 0 aromatic heterocycles. The van der Waals surface area contributed by atoms with Crippen molar-refractivity contribution in [2.75, 3.05) is 0 Å². The number of nitrogens with one attached hydrogen (secondary N) is 1. The van der Waals surface area contributed by atoms with E-state index in [1.54, 1.807) is 0 Å². The van der Waals surface area contributed by atoms with Gasteiger partial charge in [-0.15, -0.1) is 0 Å². The summed E-state index contributed by atoms with van der Waals surface area (Å²) in [6.45, 7) is 0. The lowest BCUT2D eigenvalue weighted by atomic mass is 9.83. The van der Waals surface area contributed by atoms with Gasteiger partial charge in [-0.05, 0) is 38.5 Å². The summed E-state index contributed by atoms with van der Waals surface area (Å²) >= 11 is 0. The van der Waals surface area contributed by atoms with Crippen LogP contribution < -0.4 is 5.32 Å². The summed E-state index contributed by atoms with van der Waals surface area (Å²) in [5.74, 6) is -0.380. The van der Waals surface area contributed by atoms with E-state index in [1.165, 1.54) is 0 Å². The molecule has 0 unspecified atom stereocenters. The van der Waals surface area contributed by atoms with Gasteiger partial charge in [-0.3, -0.25) is 0 Å². The molecule has 2 nitrogen and oxygen atoms in total. The summed E-state index contributed by atoms with van der Waals surface area (Å²) in [6, 6.07) is 0.825. The Balaban J connectivity index is 1.65. The Labute approximate surface area is 89.1 Å². The van der Waals surface area contributed by atoms with Crippen LogP contribution in [0.1, 0.15) is 38.5 Å². The zero-order valence-corrected chi connectivity index (χ0v) is 8.83. The maximum Gasteiger partial charge on any atom is 0.241 e. The van der Waals surface area contributed by atoms with Gasteiger partial charge in [0.1, 0.15) is 0 Å². The third-order valence-corrected chi connectivity index (χ3v) is 3.71. The van der Waals surface area contributed by atoms with Gasteiger partial charge in [0.05, 0.1) is 6.10 Å². The fraction of sp³-hybridized carbons (Fsp3) is 1.00. The summed E-state index contributed by atoms with van der Waals surface area (Å²) in [5, 5.41) is 12.6. The van der Waals surface area contributed by atoms with Crippen molar-refractivity contribution in [3.8, 4) is 0 Å². The van der Waals surface area contributed by atoms with Crippen molar-refractivity contribution >= 4 is 0 Å². The predicted molar refractivity (Wildman–Crippen MR) is 53.9 cm³/mol. The Bertz CT molecular complexity index is 199. The van der Waals surface area contributed by atoms with Gasteiger partial charge in [0, 0.05) is 18.0 Å². The Hall–Kier alpha value is -0.220. The number of aliphatic hydroxyl groups is 1. The summed E-state index contributed by atoms with van der Waals surface area (Å²) in [5.41, 5.74) is 0. The second-order valence-electron chi connectivity index (χ2n) is 4.93. The summed E-state index contributed by atoms with van der Waals surface area (Å²) in [4.78, 5) is 0. The van der Waals surface area contributed by atoms with Crippen LogP contribution in [0.15, 0.2) is 0 Å².